The summed E-state index contributed by atoms with van der Waals surface area (Å²) in [7, 11) is 1.89. The van der Waals surface area contributed by atoms with E-state index < -0.39 is 0 Å². The van der Waals surface area contributed by atoms with Crippen molar-refractivity contribution < 1.29 is 4.79 Å². The summed E-state index contributed by atoms with van der Waals surface area (Å²) in [5.74, 6) is 0.234. The third-order valence-corrected chi connectivity index (χ3v) is 4.51. The quantitative estimate of drug-likeness (QED) is 0.807. The van der Waals surface area contributed by atoms with Crippen LogP contribution >= 0.6 is 0 Å². The van der Waals surface area contributed by atoms with E-state index in [1.54, 1.807) is 6.20 Å². The van der Waals surface area contributed by atoms with Gasteiger partial charge in [-0.2, -0.15) is 0 Å². The van der Waals surface area contributed by atoms with Crippen molar-refractivity contribution in [2.45, 2.75) is 52.1 Å². The summed E-state index contributed by atoms with van der Waals surface area (Å²) in [5, 5.41) is 0. The predicted molar refractivity (Wildman–Crippen MR) is 85.0 cm³/mol. The van der Waals surface area contributed by atoms with E-state index >= 15 is 0 Å². The Kier molecular flexibility index (Phi) is 5.74. The zero-order valence-electron chi connectivity index (χ0n) is 13.5. The molecule has 0 bridgehead atoms. The van der Waals surface area contributed by atoms with Gasteiger partial charge < -0.3 is 9.80 Å². The van der Waals surface area contributed by atoms with Gasteiger partial charge in [-0.15, -0.1) is 0 Å². The first-order valence-corrected chi connectivity index (χ1v) is 7.95. The number of rotatable bonds is 6. The van der Waals surface area contributed by atoms with Gasteiger partial charge in [-0.05, 0) is 63.4 Å². The number of carbonyl (C=O) groups excluding carboxylic acids is 1. The van der Waals surface area contributed by atoms with Crippen LogP contribution in [0.1, 0.15) is 43.7 Å². The van der Waals surface area contributed by atoms with E-state index in [4.69, 9.17) is 0 Å². The maximum Gasteiger partial charge on any atom is 0.222 e. The molecule has 1 aromatic heterocycles. The van der Waals surface area contributed by atoms with E-state index in [9.17, 15) is 4.79 Å². The number of nitrogens with zero attached hydrogens (tertiary/aromatic N) is 3. The minimum absolute atomic E-state index is 0.234. The molecule has 1 atom stereocenters. The molecule has 0 N–H and O–H groups in total. The lowest BCUT2D eigenvalue weighted by molar-refractivity contribution is -0.130. The summed E-state index contributed by atoms with van der Waals surface area (Å²) in [5.41, 5.74) is 2.32. The highest BCUT2D eigenvalue weighted by Crippen LogP contribution is 2.16. The summed E-state index contributed by atoms with van der Waals surface area (Å²) in [6.45, 7) is 7.34. The highest BCUT2D eigenvalue weighted by Gasteiger charge is 2.19. The lowest BCUT2D eigenvalue weighted by Gasteiger charge is -2.24. The van der Waals surface area contributed by atoms with Crippen LogP contribution in [0.15, 0.2) is 18.5 Å². The number of hydrogen-bond acceptors (Lipinski definition) is 3. The Balaban J connectivity index is 1.78. The Morgan fingerprint density at radius 3 is 2.81 bits per heavy atom. The summed E-state index contributed by atoms with van der Waals surface area (Å²) in [6, 6.07) is 2.51. The third kappa shape index (κ3) is 4.53. The second kappa shape index (κ2) is 7.55. The zero-order valence-corrected chi connectivity index (χ0v) is 13.5. The van der Waals surface area contributed by atoms with Crippen LogP contribution in [0.4, 0.5) is 0 Å². The zero-order chi connectivity index (χ0) is 15.2. The van der Waals surface area contributed by atoms with Crippen molar-refractivity contribution in [3.63, 3.8) is 0 Å². The lowest BCUT2D eigenvalue weighted by atomic mass is 10.1. The molecule has 0 radical (unpaired) electrons. The Labute approximate surface area is 128 Å². The Bertz CT molecular complexity index is 469. The molecule has 0 aliphatic carbocycles. The molecule has 4 heteroatoms. The van der Waals surface area contributed by atoms with Crippen LogP contribution in [0.25, 0.3) is 0 Å². The molecule has 1 amide bonds. The number of aryl methyl sites for hydroxylation is 1. The van der Waals surface area contributed by atoms with Crippen LogP contribution < -0.4 is 0 Å². The van der Waals surface area contributed by atoms with Gasteiger partial charge in [0.15, 0.2) is 0 Å². The number of pyridine rings is 1. The topological polar surface area (TPSA) is 36.4 Å². The van der Waals surface area contributed by atoms with Gasteiger partial charge >= 0.3 is 0 Å². The second-order valence-corrected chi connectivity index (χ2v) is 6.18. The van der Waals surface area contributed by atoms with Gasteiger partial charge in [0, 0.05) is 38.4 Å². The number of likely N-dealkylation sites (tertiary alicyclic amines) is 1. The molecule has 0 aromatic carbocycles. The van der Waals surface area contributed by atoms with E-state index in [0.717, 1.165) is 12.0 Å². The van der Waals surface area contributed by atoms with Gasteiger partial charge in [0.2, 0.25) is 5.91 Å². The predicted octanol–water partition coefficient (Wildman–Crippen LogP) is 2.61. The average molecular weight is 289 g/mol. The number of amides is 1. The summed E-state index contributed by atoms with van der Waals surface area (Å²) >= 11 is 0. The van der Waals surface area contributed by atoms with E-state index in [1.807, 2.05) is 31.1 Å². The van der Waals surface area contributed by atoms with E-state index in [2.05, 4.69) is 16.8 Å². The standard InChI is InChI=1S/C17H27N3O/c1-14-12-18-9-8-16(14)13-19(3)17(21)7-6-15(2)20-10-4-5-11-20/h8-9,12,15H,4-7,10-11,13H2,1-3H3/t15-/m1/s1. The SMILES string of the molecule is Cc1cnccc1CN(C)C(=O)CC[C@@H](C)N1CCCC1. The monoisotopic (exact) mass is 289 g/mol. The molecule has 2 heterocycles. The Morgan fingerprint density at radius 2 is 2.14 bits per heavy atom. The summed E-state index contributed by atoms with van der Waals surface area (Å²) < 4.78 is 0. The summed E-state index contributed by atoms with van der Waals surface area (Å²) in [4.78, 5) is 20.7. The second-order valence-electron chi connectivity index (χ2n) is 6.18. The normalized spacial score (nSPS) is 16.9. The average Bonchev–Trinajstić information content (AvgIpc) is 3.01. The largest absolute Gasteiger partial charge is 0.341 e. The van der Waals surface area contributed by atoms with E-state index in [0.29, 0.717) is 19.0 Å². The molecule has 4 nitrogen and oxygen atoms in total. The summed E-state index contributed by atoms with van der Waals surface area (Å²) in [6.07, 6.45) is 7.84. The first-order valence-electron chi connectivity index (χ1n) is 7.95. The van der Waals surface area contributed by atoms with Gasteiger partial charge in [0.05, 0.1) is 0 Å². The molecule has 21 heavy (non-hydrogen) atoms. The van der Waals surface area contributed by atoms with Crippen LogP contribution in [0.3, 0.4) is 0 Å². The van der Waals surface area contributed by atoms with Crippen molar-refractivity contribution in [2.24, 2.45) is 0 Å². The van der Waals surface area contributed by atoms with Gasteiger partial charge in [0.25, 0.3) is 0 Å². The van der Waals surface area contributed by atoms with E-state index in [-0.39, 0.29) is 5.91 Å². The fourth-order valence-corrected chi connectivity index (χ4v) is 2.91. The molecule has 1 fully saturated rings. The molecule has 116 valence electrons. The molecule has 0 spiro atoms. The highest BCUT2D eigenvalue weighted by atomic mass is 16.2. The minimum atomic E-state index is 0.234. The van der Waals surface area contributed by atoms with Gasteiger partial charge in [-0.25, -0.2) is 0 Å². The Morgan fingerprint density at radius 1 is 1.43 bits per heavy atom. The van der Waals surface area contributed by atoms with Gasteiger partial charge in [-0.1, -0.05) is 0 Å². The maximum atomic E-state index is 12.3. The van der Waals surface area contributed by atoms with Crippen LogP contribution in [-0.2, 0) is 11.3 Å². The van der Waals surface area contributed by atoms with Crippen molar-refractivity contribution >= 4 is 5.91 Å². The van der Waals surface area contributed by atoms with Gasteiger partial charge in [-0.3, -0.25) is 9.78 Å². The smallest absolute Gasteiger partial charge is 0.222 e. The first kappa shape index (κ1) is 16.0. The van der Waals surface area contributed by atoms with E-state index in [1.165, 1.54) is 31.5 Å². The molecule has 1 saturated heterocycles. The molecule has 1 aliphatic heterocycles. The van der Waals surface area contributed by atoms with Crippen LogP contribution in [0.5, 0.6) is 0 Å². The fraction of sp³-hybridized carbons (Fsp3) is 0.647. The van der Waals surface area contributed by atoms with Crippen molar-refractivity contribution in [3.8, 4) is 0 Å². The number of aromatic nitrogens is 1. The molecule has 1 aromatic rings. The molecule has 2 rings (SSSR count). The molecular formula is C17H27N3O. The molecular weight excluding hydrogens is 262 g/mol. The van der Waals surface area contributed by atoms with Crippen molar-refractivity contribution in [3.05, 3.63) is 29.6 Å². The number of hydrogen-bond donors (Lipinski definition) is 0. The lowest BCUT2D eigenvalue weighted by Crippen LogP contribution is -2.32. The van der Waals surface area contributed by atoms with Crippen molar-refractivity contribution in [2.75, 3.05) is 20.1 Å². The fourth-order valence-electron chi connectivity index (χ4n) is 2.91. The maximum absolute atomic E-state index is 12.3. The van der Waals surface area contributed by atoms with Crippen molar-refractivity contribution in [1.29, 1.82) is 0 Å². The van der Waals surface area contributed by atoms with Crippen LogP contribution in [0.2, 0.25) is 0 Å². The third-order valence-electron chi connectivity index (χ3n) is 4.51. The molecule has 0 unspecified atom stereocenters. The highest BCUT2D eigenvalue weighted by molar-refractivity contribution is 5.75. The van der Waals surface area contributed by atoms with Crippen LogP contribution in [-0.4, -0.2) is 46.9 Å². The molecule has 0 saturated carbocycles. The van der Waals surface area contributed by atoms with Crippen molar-refractivity contribution in [1.82, 2.24) is 14.8 Å². The molecule has 1 aliphatic rings. The minimum Gasteiger partial charge on any atom is -0.341 e. The van der Waals surface area contributed by atoms with Crippen LogP contribution in [0, 0.1) is 6.92 Å². The Hall–Kier alpha value is -1.42. The number of carbonyl (C=O) groups is 1. The van der Waals surface area contributed by atoms with Gasteiger partial charge in [0.1, 0.15) is 0 Å². The first-order chi connectivity index (χ1) is 10.1.